The van der Waals surface area contributed by atoms with Crippen LogP contribution in [-0.4, -0.2) is 59.6 Å². The fraction of sp³-hybridized carbons (Fsp3) is 0.429. The van der Waals surface area contributed by atoms with Crippen molar-refractivity contribution in [3.05, 3.63) is 53.7 Å². The van der Waals surface area contributed by atoms with Crippen LogP contribution in [-0.2, 0) is 6.18 Å². The van der Waals surface area contributed by atoms with Crippen LogP contribution >= 0.6 is 11.8 Å². The van der Waals surface area contributed by atoms with E-state index >= 15 is 0 Å². The molecule has 0 saturated carbocycles. The van der Waals surface area contributed by atoms with E-state index in [0.29, 0.717) is 43.3 Å². The molecule has 1 atom stereocenters. The Bertz CT molecular complexity index is 895. The Kier molecular flexibility index (Phi) is 6.08. The van der Waals surface area contributed by atoms with Crippen molar-refractivity contribution < 1.29 is 22.7 Å². The van der Waals surface area contributed by atoms with Crippen LogP contribution in [0.1, 0.15) is 22.3 Å². The number of anilines is 1. The molecule has 2 saturated heterocycles. The first-order valence-electron chi connectivity index (χ1n) is 9.82. The van der Waals surface area contributed by atoms with Crippen molar-refractivity contribution in [2.24, 2.45) is 0 Å². The average Bonchev–Trinajstić information content (AvgIpc) is 3.26. The number of piperazine rings is 1. The third-order valence-corrected chi connectivity index (χ3v) is 6.39. The summed E-state index contributed by atoms with van der Waals surface area (Å²) in [6.07, 6.45) is -1.69. The maximum atomic E-state index is 13.0. The molecule has 2 fully saturated rings. The number of nitrogens with zero attached hydrogens (tertiary/aromatic N) is 3. The monoisotopic (exact) mass is 437 g/mol. The molecular weight excluding hydrogens is 415 g/mol. The summed E-state index contributed by atoms with van der Waals surface area (Å²) in [7, 11) is 0. The molecule has 30 heavy (non-hydrogen) atoms. The fourth-order valence-electron chi connectivity index (χ4n) is 3.61. The molecule has 2 aromatic rings. The second-order valence-corrected chi connectivity index (χ2v) is 8.46. The average molecular weight is 437 g/mol. The zero-order chi connectivity index (χ0) is 21.1. The molecule has 0 unspecified atom stereocenters. The van der Waals surface area contributed by atoms with Crippen molar-refractivity contribution in [1.29, 1.82) is 0 Å². The van der Waals surface area contributed by atoms with E-state index in [1.54, 1.807) is 29.3 Å². The number of aromatic nitrogens is 1. The van der Waals surface area contributed by atoms with E-state index in [-0.39, 0.29) is 12.0 Å². The maximum absolute atomic E-state index is 13.0. The van der Waals surface area contributed by atoms with Gasteiger partial charge in [-0.25, -0.2) is 4.98 Å². The van der Waals surface area contributed by atoms with Crippen LogP contribution in [0.25, 0.3) is 0 Å². The number of ether oxygens (including phenoxy) is 1. The van der Waals surface area contributed by atoms with Crippen LogP contribution in [0.4, 0.5) is 18.9 Å². The smallest absolute Gasteiger partial charge is 0.416 e. The highest BCUT2D eigenvalue weighted by atomic mass is 32.2. The van der Waals surface area contributed by atoms with Gasteiger partial charge in [0.2, 0.25) is 5.88 Å². The standard InChI is InChI=1S/C21H22F3N3O2S/c22-21(23,24)16-2-1-3-17(13-16)26-7-9-27(10-8-26)20(28)15-4-6-25-19(12-15)29-18-5-11-30-14-18/h1-4,6,12-13,18H,5,7-11,14H2/t18-/m1/s1. The molecule has 0 aliphatic carbocycles. The van der Waals surface area contributed by atoms with Crippen LogP contribution in [0, 0.1) is 0 Å². The zero-order valence-electron chi connectivity index (χ0n) is 16.3. The number of alkyl halides is 3. The lowest BCUT2D eigenvalue weighted by atomic mass is 10.1. The third kappa shape index (κ3) is 4.83. The summed E-state index contributed by atoms with van der Waals surface area (Å²) in [6.45, 7) is 1.82. The topological polar surface area (TPSA) is 45.7 Å². The van der Waals surface area contributed by atoms with Crippen molar-refractivity contribution in [3.8, 4) is 5.88 Å². The number of thioether (sulfide) groups is 1. The lowest BCUT2D eigenvalue weighted by Crippen LogP contribution is -2.48. The molecule has 5 nitrogen and oxygen atoms in total. The maximum Gasteiger partial charge on any atom is 0.416 e. The number of hydrogen-bond donors (Lipinski definition) is 0. The largest absolute Gasteiger partial charge is 0.473 e. The summed E-state index contributed by atoms with van der Waals surface area (Å²) in [6, 6.07) is 8.64. The first kappa shape index (κ1) is 20.8. The van der Waals surface area contributed by atoms with Crippen LogP contribution in [0.15, 0.2) is 42.6 Å². The number of halogens is 3. The van der Waals surface area contributed by atoms with Crippen LogP contribution in [0.2, 0.25) is 0 Å². The molecule has 1 aromatic carbocycles. The third-order valence-electron chi connectivity index (χ3n) is 5.26. The van der Waals surface area contributed by atoms with E-state index in [0.717, 1.165) is 30.1 Å². The van der Waals surface area contributed by atoms with Gasteiger partial charge in [0.25, 0.3) is 5.91 Å². The normalized spacial score (nSPS) is 19.8. The highest BCUT2D eigenvalue weighted by Crippen LogP contribution is 2.32. The Balaban J connectivity index is 1.38. The van der Waals surface area contributed by atoms with Crippen molar-refractivity contribution in [2.45, 2.75) is 18.7 Å². The number of amides is 1. The minimum Gasteiger partial charge on any atom is -0.473 e. The zero-order valence-corrected chi connectivity index (χ0v) is 17.1. The second-order valence-electron chi connectivity index (χ2n) is 7.31. The Morgan fingerprint density at radius 3 is 2.63 bits per heavy atom. The molecule has 2 aliphatic rings. The minimum absolute atomic E-state index is 0.119. The minimum atomic E-state index is -4.37. The van der Waals surface area contributed by atoms with Gasteiger partial charge in [0.15, 0.2) is 0 Å². The van der Waals surface area contributed by atoms with E-state index in [2.05, 4.69) is 4.98 Å². The SMILES string of the molecule is O=C(c1ccnc(O[C@@H]2CCSC2)c1)N1CCN(c2cccc(C(F)(F)F)c2)CC1. The number of rotatable bonds is 4. The van der Waals surface area contributed by atoms with E-state index in [1.165, 1.54) is 6.07 Å². The van der Waals surface area contributed by atoms with Gasteiger partial charge >= 0.3 is 6.18 Å². The molecule has 160 valence electrons. The molecule has 0 spiro atoms. The van der Waals surface area contributed by atoms with Gasteiger partial charge in [-0.3, -0.25) is 4.79 Å². The summed E-state index contributed by atoms with van der Waals surface area (Å²) in [5.41, 5.74) is 0.368. The quantitative estimate of drug-likeness (QED) is 0.725. The van der Waals surface area contributed by atoms with E-state index < -0.39 is 11.7 Å². The second kappa shape index (κ2) is 8.75. The van der Waals surface area contributed by atoms with Crippen LogP contribution in [0.5, 0.6) is 5.88 Å². The molecule has 2 aliphatic heterocycles. The van der Waals surface area contributed by atoms with Gasteiger partial charge in [0.1, 0.15) is 6.10 Å². The summed E-state index contributed by atoms with van der Waals surface area (Å²) in [5, 5.41) is 0. The molecule has 0 bridgehead atoms. The number of pyridine rings is 1. The van der Waals surface area contributed by atoms with E-state index in [1.807, 2.05) is 16.7 Å². The van der Waals surface area contributed by atoms with Gasteiger partial charge in [0, 0.05) is 55.4 Å². The molecular formula is C21H22F3N3O2S. The van der Waals surface area contributed by atoms with Crippen molar-refractivity contribution in [1.82, 2.24) is 9.88 Å². The highest BCUT2D eigenvalue weighted by Gasteiger charge is 2.31. The molecule has 9 heteroatoms. The van der Waals surface area contributed by atoms with Gasteiger partial charge in [-0.1, -0.05) is 6.07 Å². The Hall–Kier alpha value is -2.42. The summed E-state index contributed by atoms with van der Waals surface area (Å²) >= 11 is 1.84. The number of carbonyl (C=O) groups excluding carboxylic acids is 1. The Morgan fingerprint density at radius 2 is 1.93 bits per heavy atom. The van der Waals surface area contributed by atoms with E-state index in [4.69, 9.17) is 4.74 Å². The number of benzene rings is 1. The number of hydrogen-bond acceptors (Lipinski definition) is 5. The van der Waals surface area contributed by atoms with Gasteiger partial charge in [-0.2, -0.15) is 24.9 Å². The predicted molar refractivity (Wildman–Crippen MR) is 110 cm³/mol. The Morgan fingerprint density at radius 1 is 1.13 bits per heavy atom. The van der Waals surface area contributed by atoms with Crippen LogP contribution in [0.3, 0.4) is 0 Å². The molecule has 0 N–H and O–H groups in total. The first-order valence-corrected chi connectivity index (χ1v) is 11.0. The van der Waals surface area contributed by atoms with Crippen LogP contribution < -0.4 is 9.64 Å². The Labute approximate surface area is 177 Å². The molecule has 4 rings (SSSR count). The molecule has 3 heterocycles. The molecule has 1 aromatic heterocycles. The van der Waals surface area contributed by atoms with Gasteiger partial charge in [0.05, 0.1) is 5.56 Å². The van der Waals surface area contributed by atoms with Gasteiger partial charge < -0.3 is 14.5 Å². The number of carbonyl (C=O) groups is 1. The lowest BCUT2D eigenvalue weighted by Gasteiger charge is -2.36. The summed E-state index contributed by atoms with van der Waals surface area (Å²) < 4.78 is 44.8. The summed E-state index contributed by atoms with van der Waals surface area (Å²) in [5.74, 6) is 2.33. The summed E-state index contributed by atoms with van der Waals surface area (Å²) in [4.78, 5) is 20.7. The predicted octanol–water partition coefficient (Wildman–Crippen LogP) is 3.95. The lowest BCUT2D eigenvalue weighted by molar-refractivity contribution is -0.137. The van der Waals surface area contributed by atoms with Crippen molar-refractivity contribution in [3.63, 3.8) is 0 Å². The van der Waals surface area contributed by atoms with E-state index in [9.17, 15) is 18.0 Å². The van der Waals surface area contributed by atoms with Crippen molar-refractivity contribution >= 4 is 23.4 Å². The highest BCUT2D eigenvalue weighted by molar-refractivity contribution is 7.99. The molecule has 1 amide bonds. The van der Waals surface area contributed by atoms with Gasteiger partial charge in [-0.15, -0.1) is 0 Å². The van der Waals surface area contributed by atoms with Gasteiger partial charge in [-0.05, 0) is 36.4 Å². The fourth-order valence-corrected chi connectivity index (χ4v) is 4.71. The first-order chi connectivity index (χ1) is 14.4. The van der Waals surface area contributed by atoms with Crippen molar-refractivity contribution in [2.75, 3.05) is 42.6 Å². The molecule has 0 radical (unpaired) electrons.